The average Bonchev–Trinajstić information content (AvgIpc) is 2.43. The molecule has 0 radical (unpaired) electrons. The van der Waals surface area contributed by atoms with Crippen LogP contribution in [0, 0.1) is 0 Å². The lowest BCUT2D eigenvalue weighted by molar-refractivity contribution is 0.612. The summed E-state index contributed by atoms with van der Waals surface area (Å²) in [4.78, 5) is 11.7. The van der Waals surface area contributed by atoms with Gasteiger partial charge in [0.25, 0.3) is 0 Å². The second-order valence-corrected chi connectivity index (χ2v) is 4.72. The van der Waals surface area contributed by atoms with Crippen LogP contribution >= 0.6 is 0 Å². The number of fused-ring (bicyclic) bond motifs is 2. The number of rotatable bonds is 2. The van der Waals surface area contributed by atoms with E-state index in [0.717, 1.165) is 28.5 Å². The third-order valence-electron chi connectivity index (χ3n) is 3.43. The third kappa shape index (κ3) is 2.02. The number of hydrogen-bond donors (Lipinski definition) is 1. The summed E-state index contributed by atoms with van der Waals surface area (Å²) < 4.78 is 5.81. The summed E-state index contributed by atoms with van der Waals surface area (Å²) in [6.45, 7) is 2.01. The molecule has 0 amide bonds. The van der Waals surface area contributed by atoms with Crippen LogP contribution in [-0.2, 0) is 0 Å². The van der Waals surface area contributed by atoms with Crippen molar-refractivity contribution in [3.8, 4) is 11.3 Å². The van der Waals surface area contributed by atoms with Gasteiger partial charge in [-0.15, -0.1) is 0 Å². The summed E-state index contributed by atoms with van der Waals surface area (Å²) in [5, 5.41) is 1.01. The second-order valence-electron chi connectivity index (χ2n) is 4.72. The first-order valence-electron chi connectivity index (χ1n) is 6.41. The number of benzene rings is 2. The van der Waals surface area contributed by atoms with Crippen molar-refractivity contribution < 1.29 is 4.42 Å². The van der Waals surface area contributed by atoms with Gasteiger partial charge in [0.2, 0.25) is 0 Å². The largest absolute Gasteiger partial charge is 0.456 e. The maximum atomic E-state index is 11.7. The summed E-state index contributed by atoms with van der Waals surface area (Å²) in [5.41, 5.74) is 8.59. The van der Waals surface area contributed by atoms with Crippen molar-refractivity contribution in [2.75, 3.05) is 0 Å². The average molecular weight is 253 g/mol. The smallest absolute Gasteiger partial charge is 0.182 e. The molecule has 1 heterocycles. The molecular formula is C16H15NO2. The molecule has 0 saturated carbocycles. The molecule has 3 nitrogen and oxygen atoms in total. The Morgan fingerprint density at radius 3 is 2.79 bits per heavy atom. The lowest BCUT2D eigenvalue weighted by Gasteiger charge is -2.16. The molecule has 1 unspecified atom stereocenters. The molecule has 0 spiro atoms. The Balaban J connectivity index is 2.39. The first-order chi connectivity index (χ1) is 9.19. The van der Waals surface area contributed by atoms with Crippen LogP contribution in [0.4, 0.5) is 0 Å². The fourth-order valence-electron chi connectivity index (χ4n) is 2.35. The SMILES string of the molecule is CCC(N)c1cc(=O)cc2oc3ccccc3cc1-2. The minimum absolute atomic E-state index is 0.0644. The first-order valence-corrected chi connectivity index (χ1v) is 6.41. The van der Waals surface area contributed by atoms with Crippen LogP contribution in [0.15, 0.2) is 51.7 Å². The Kier molecular flexibility index (Phi) is 2.84. The minimum Gasteiger partial charge on any atom is -0.456 e. The molecule has 96 valence electrons. The number of para-hydroxylation sites is 1. The molecule has 3 heteroatoms. The van der Waals surface area contributed by atoms with Gasteiger partial charge in [0, 0.05) is 23.1 Å². The van der Waals surface area contributed by atoms with Gasteiger partial charge in [0.15, 0.2) is 5.43 Å². The summed E-state index contributed by atoms with van der Waals surface area (Å²) in [5.74, 6) is 0.602. The van der Waals surface area contributed by atoms with Crippen molar-refractivity contribution in [2.45, 2.75) is 19.4 Å². The van der Waals surface area contributed by atoms with Gasteiger partial charge in [-0.25, -0.2) is 0 Å². The van der Waals surface area contributed by atoms with E-state index in [4.69, 9.17) is 10.2 Å². The van der Waals surface area contributed by atoms with E-state index in [-0.39, 0.29) is 11.5 Å². The predicted molar refractivity (Wildman–Crippen MR) is 76.3 cm³/mol. The van der Waals surface area contributed by atoms with Crippen LogP contribution in [-0.4, -0.2) is 0 Å². The molecule has 1 aromatic rings. The van der Waals surface area contributed by atoms with Crippen LogP contribution in [0.5, 0.6) is 0 Å². The van der Waals surface area contributed by atoms with Gasteiger partial charge in [-0.3, -0.25) is 4.79 Å². The Morgan fingerprint density at radius 1 is 1.21 bits per heavy atom. The summed E-state index contributed by atoms with van der Waals surface area (Å²) in [6, 6.07) is 12.8. The lowest BCUT2D eigenvalue weighted by atomic mass is 9.95. The van der Waals surface area contributed by atoms with Gasteiger partial charge in [-0.2, -0.15) is 0 Å². The Morgan fingerprint density at radius 2 is 2.00 bits per heavy atom. The van der Waals surface area contributed by atoms with Crippen molar-refractivity contribution in [2.24, 2.45) is 5.73 Å². The van der Waals surface area contributed by atoms with Crippen molar-refractivity contribution in [1.29, 1.82) is 0 Å². The van der Waals surface area contributed by atoms with Gasteiger partial charge >= 0.3 is 0 Å². The fraction of sp³-hybridized carbons (Fsp3) is 0.188. The summed E-state index contributed by atoms with van der Waals surface area (Å²) in [7, 11) is 0. The van der Waals surface area contributed by atoms with E-state index in [2.05, 4.69) is 0 Å². The summed E-state index contributed by atoms with van der Waals surface area (Å²) >= 11 is 0. The highest BCUT2D eigenvalue weighted by Gasteiger charge is 2.16. The predicted octanol–water partition coefficient (Wildman–Crippen LogP) is 3.31. The van der Waals surface area contributed by atoms with Crippen LogP contribution in [0.25, 0.3) is 22.3 Å². The van der Waals surface area contributed by atoms with E-state index in [0.29, 0.717) is 5.76 Å². The molecule has 2 aliphatic rings. The van der Waals surface area contributed by atoms with Gasteiger partial charge in [-0.1, -0.05) is 25.1 Å². The van der Waals surface area contributed by atoms with Crippen LogP contribution in [0.2, 0.25) is 0 Å². The van der Waals surface area contributed by atoms with Crippen LogP contribution < -0.4 is 11.2 Å². The Bertz CT molecular complexity index is 760. The molecule has 1 aliphatic heterocycles. The molecule has 0 fully saturated rings. The quantitative estimate of drug-likeness (QED) is 0.713. The minimum atomic E-state index is -0.146. The maximum absolute atomic E-state index is 11.7. The molecule has 0 bridgehead atoms. The van der Waals surface area contributed by atoms with E-state index in [9.17, 15) is 4.79 Å². The second kappa shape index (κ2) is 4.52. The Hall–Kier alpha value is -2.13. The molecule has 3 rings (SSSR count). The highest BCUT2D eigenvalue weighted by molar-refractivity contribution is 5.83. The van der Waals surface area contributed by atoms with Crippen LogP contribution in [0.3, 0.4) is 0 Å². The van der Waals surface area contributed by atoms with Crippen LogP contribution in [0.1, 0.15) is 24.9 Å². The van der Waals surface area contributed by atoms with E-state index in [1.54, 1.807) is 6.07 Å². The first kappa shape index (κ1) is 11.9. The molecule has 0 aromatic heterocycles. The molecular weight excluding hydrogens is 238 g/mol. The Labute approximate surface area is 111 Å². The zero-order chi connectivity index (χ0) is 13.4. The highest BCUT2D eigenvalue weighted by atomic mass is 16.3. The molecule has 1 atom stereocenters. The van der Waals surface area contributed by atoms with Crippen molar-refractivity contribution in [1.82, 2.24) is 0 Å². The fourth-order valence-corrected chi connectivity index (χ4v) is 2.35. The lowest BCUT2D eigenvalue weighted by Crippen LogP contribution is -2.14. The zero-order valence-corrected chi connectivity index (χ0v) is 10.7. The van der Waals surface area contributed by atoms with Gasteiger partial charge in [-0.05, 0) is 30.2 Å². The van der Waals surface area contributed by atoms with Crippen molar-refractivity contribution in [3.63, 3.8) is 0 Å². The van der Waals surface area contributed by atoms with Crippen molar-refractivity contribution in [3.05, 3.63) is 58.3 Å². The van der Waals surface area contributed by atoms with Gasteiger partial charge in [0.05, 0.1) is 0 Å². The maximum Gasteiger partial charge on any atom is 0.182 e. The zero-order valence-electron chi connectivity index (χ0n) is 10.7. The molecule has 1 aliphatic carbocycles. The number of nitrogens with two attached hydrogens (primary N) is 1. The van der Waals surface area contributed by atoms with Gasteiger partial charge < -0.3 is 10.2 Å². The third-order valence-corrected chi connectivity index (χ3v) is 3.43. The van der Waals surface area contributed by atoms with E-state index >= 15 is 0 Å². The van der Waals surface area contributed by atoms with E-state index in [1.807, 2.05) is 37.3 Å². The summed E-state index contributed by atoms with van der Waals surface area (Å²) in [6.07, 6.45) is 0.783. The standard InChI is InChI=1S/C16H15NO2/c1-2-14(17)12-8-11(18)9-16-13(12)7-10-5-3-4-6-15(10)19-16/h3-9,14H,2,17H2,1H3. The highest BCUT2D eigenvalue weighted by Crippen LogP contribution is 2.32. The van der Waals surface area contributed by atoms with Gasteiger partial charge in [0.1, 0.15) is 11.3 Å². The topological polar surface area (TPSA) is 56.2 Å². The van der Waals surface area contributed by atoms with E-state index in [1.165, 1.54) is 6.07 Å². The monoisotopic (exact) mass is 253 g/mol. The number of hydrogen-bond acceptors (Lipinski definition) is 3. The molecule has 1 aromatic carbocycles. The normalized spacial score (nSPS) is 12.9. The molecule has 2 N–H and O–H groups in total. The molecule has 19 heavy (non-hydrogen) atoms. The van der Waals surface area contributed by atoms with Crippen molar-refractivity contribution >= 4 is 11.0 Å². The van der Waals surface area contributed by atoms with E-state index < -0.39 is 0 Å². The molecule has 0 saturated heterocycles.